The van der Waals surface area contributed by atoms with Crippen LogP contribution in [0.5, 0.6) is 0 Å². The van der Waals surface area contributed by atoms with Crippen LogP contribution in [0.2, 0.25) is 0 Å². The average Bonchev–Trinajstić information content (AvgIpc) is 3.34. The molecule has 0 radical (unpaired) electrons. The van der Waals surface area contributed by atoms with E-state index in [4.69, 9.17) is 4.99 Å². The molecular weight excluding hydrogens is 398 g/mol. The molecular formula is C26H43N5O. The zero-order valence-electron chi connectivity index (χ0n) is 20.8. The fourth-order valence-corrected chi connectivity index (χ4v) is 5.14. The van der Waals surface area contributed by atoms with E-state index in [1.54, 1.807) is 0 Å². The number of para-hydroxylation sites is 1. The minimum atomic E-state index is 0.319. The number of carbonyl (C=O) groups is 1. The van der Waals surface area contributed by atoms with Gasteiger partial charge in [0.25, 0.3) is 0 Å². The molecule has 1 aromatic rings. The smallest absolute Gasteiger partial charge is 0.222 e. The number of nitrogens with one attached hydrogen (secondary N) is 1. The Labute approximate surface area is 195 Å². The SMILES string of the molecule is CCNC(=NCCCN(C(C)C)C(C)C)N1CC(CCN2CCCC2=O)c2ccccc21. The van der Waals surface area contributed by atoms with Gasteiger partial charge in [-0.25, -0.2) is 0 Å². The summed E-state index contributed by atoms with van der Waals surface area (Å²) in [6, 6.07) is 9.82. The Morgan fingerprint density at radius 3 is 2.62 bits per heavy atom. The Bertz CT molecular complexity index is 767. The van der Waals surface area contributed by atoms with Crippen LogP contribution < -0.4 is 10.2 Å². The third-order valence-electron chi connectivity index (χ3n) is 6.74. The van der Waals surface area contributed by atoms with Gasteiger partial charge in [-0.1, -0.05) is 18.2 Å². The molecule has 1 amide bonds. The first-order valence-corrected chi connectivity index (χ1v) is 12.6. The van der Waals surface area contributed by atoms with E-state index in [1.165, 1.54) is 11.3 Å². The van der Waals surface area contributed by atoms with Gasteiger partial charge in [-0.3, -0.25) is 14.7 Å². The number of hydrogen-bond acceptors (Lipinski definition) is 3. The van der Waals surface area contributed by atoms with E-state index in [0.29, 0.717) is 23.9 Å². The Balaban J connectivity index is 1.66. The van der Waals surface area contributed by atoms with Gasteiger partial charge in [-0.15, -0.1) is 0 Å². The number of fused-ring (bicyclic) bond motifs is 1. The summed E-state index contributed by atoms with van der Waals surface area (Å²) in [6.45, 7) is 16.7. The van der Waals surface area contributed by atoms with Crippen molar-refractivity contribution in [2.45, 2.75) is 78.3 Å². The van der Waals surface area contributed by atoms with Crippen LogP contribution >= 0.6 is 0 Å². The van der Waals surface area contributed by atoms with Crippen LogP contribution in [0.3, 0.4) is 0 Å². The van der Waals surface area contributed by atoms with Crippen molar-refractivity contribution in [2.24, 2.45) is 4.99 Å². The summed E-state index contributed by atoms with van der Waals surface area (Å²) in [5.74, 6) is 1.74. The Kier molecular flexibility index (Phi) is 8.97. The highest BCUT2D eigenvalue weighted by atomic mass is 16.2. The summed E-state index contributed by atoms with van der Waals surface area (Å²) < 4.78 is 0. The summed E-state index contributed by atoms with van der Waals surface area (Å²) in [7, 11) is 0. The molecule has 1 atom stereocenters. The van der Waals surface area contributed by atoms with Crippen LogP contribution in [0.1, 0.15) is 71.8 Å². The van der Waals surface area contributed by atoms with E-state index >= 15 is 0 Å². The van der Waals surface area contributed by atoms with Gasteiger partial charge in [0, 0.05) is 69.4 Å². The van der Waals surface area contributed by atoms with Crippen molar-refractivity contribution in [3.63, 3.8) is 0 Å². The van der Waals surface area contributed by atoms with Gasteiger partial charge in [0.05, 0.1) is 0 Å². The molecule has 0 saturated carbocycles. The minimum absolute atomic E-state index is 0.319. The minimum Gasteiger partial charge on any atom is -0.356 e. The Morgan fingerprint density at radius 1 is 1.22 bits per heavy atom. The molecule has 2 aliphatic heterocycles. The quantitative estimate of drug-likeness (QED) is 0.338. The molecule has 32 heavy (non-hydrogen) atoms. The fraction of sp³-hybridized carbons (Fsp3) is 0.692. The van der Waals surface area contributed by atoms with Crippen molar-refractivity contribution in [3.05, 3.63) is 29.8 Å². The molecule has 3 rings (SSSR count). The van der Waals surface area contributed by atoms with Gasteiger partial charge in [0.15, 0.2) is 5.96 Å². The number of guanidine groups is 1. The maximum atomic E-state index is 12.0. The third-order valence-corrected chi connectivity index (χ3v) is 6.74. The van der Waals surface area contributed by atoms with Crippen molar-refractivity contribution in [3.8, 4) is 0 Å². The molecule has 2 heterocycles. The monoisotopic (exact) mass is 441 g/mol. The van der Waals surface area contributed by atoms with Gasteiger partial charge in [-0.05, 0) is 65.5 Å². The lowest BCUT2D eigenvalue weighted by Crippen LogP contribution is -2.41. The Morgan fingerprint density at radius 2 is 1.97 bits per heavy atom. The molecule has 2 aliphatic rings. The summed E-state index contributed by atoms with van der Waals surface area (Å²) >= 11 is 0. The predicted molar refractivity (Wildman–Crippen MR) is 135 cm³/mol. The molecule has 178 valence electrons. The standard InChI is InChI=1S/C26H43N5O/c1-6-27-26(28-15-10-17-30(20(2)3)21(4)5)31-19-22(23-11-7-8-12-24(23)31)14-18-29-16-9-13-25(29)32/h7-8,11-12,20-22H,6,9-10,13-19H2,1-5H3,(H,27,28). The number of hydrogen-bond donors (Lipinski definition) is 1. The molecule has 1 unspecified atom stereocenters. The number of likely N-dealkylation sites (tertiary alicyclic amines) is 1. The van der Waals surface area contributed by atoms with E-state index in [0.717, 1.165) is 70.9 Å². The van der Waals surface area contributed by atoms with Gasteiger partial charge in [0.2, 0.25) is 5.91 Å². The van der Waals surface area contributed by atoms with Crippen molar-refractivity contribution >= 4 is 17.6 Å². The lowest BCUT2D eigenvalue weighted by Gasteiger charge is -2.30. The van der Waals surface area contributed by atoms with Gasteiger partial charge >= 0.3 is 0 Å². The van der Waals surface area contributed by atoms with Crippen LogP contribution in [0.25, 0.3) is 0 Å². The number of rotatable bonds is 10. The summed E-state index contributed by atoms with van der Waals surface area (Å²) in [6.07, 6.45) is 3.79. The summed E-state index contributed by atoms with van der Waals surface area (Å²) in [5.41, 5.74) is 2.64. The highest BCUT2D eigenvalue weighted by molar-refractivity contribution is 5.98. The average molecular weight is 442 g/mol. The van der Waals surface area contributed by atoms with E-state index in [9.17, 15) is 4.79 Å². The summed E-state index contributed by atoms with van der Waals surface area (Å²) in [5, 5.41) is 3.52. The largest absolute Gasteiger partial charge is 0.356 e. The lowest BCUT2D eigenvalue weighted by molar-refractivity contribution is -0.127. The number of benzene rings is 1. The van der Waals surface area contributed by atoms with Crippen molar-refractivity contribution in [1.82, 2.24) is 15.1 Å². The highest BCUT2D eigenvalue weighted by Crippen LogP contribution is 2.38. The van der Waals surface area contributed by atoms with Crippen LogP contribution in [-0.2, 0) is 4.79 Å². The maximum Gasteiger partial charge on any atom is 0.222 e. The van der Waals surface area contributed by atoms with Crippen LogP contribution in [0, 0.1) is 0 Å². The van der Waals surface area contributed by atoms with E-state index < -0.39 is 0 Å². The first-order chi connectivity index (χ1) is 15.4. The molecule has 1 N–H and O–H groups in total. The maximum absolute atomic E-state index is 12.0. The van der Waals surface area contributed by atoms with E-state index in [-0.39, 0.29) is 0 Å². The van der Waals surface area contributed by atoms with Crippen LogP contribution in [-0.4, -0.2) is 73.0 Å². The van der Waals surface area contributed by atoms with Crippen molar-refractivity contribution < 1.29 is 4.79 Å². The second-order valence-corrected chi connectivity index (χ2v) is 9.65. The van der Waals surface area contributed by atoms with E-state index in [1.807, 2.05) is 4.90 Å². The lowest BCUT2D eigenvalue weighted by atomic mass is 9.98. The second-order valence-electron chi connectivity index (χ2n) is 9.65. The van der Waals surface area contributed by atoms with Crippen LogP contribution in [0.15, 0.2) is 29.3 Å². The van der Waals surface area contributed by atoms with Crippen molar-refractivity contribution in [2.75, 3.05) is 44.2 Å². The van der Waals surface area contributed by atoms with Gasteiger partial charge in [0.1, 0.15) is 0 Å². The van der Waals surface area contributed by atoms with Gasteiger partial charge in [-0.2, -0.15) is 0 Å². The molecule has 0 aromatic heterocycles. The third kappa shape index (κ3) is 6.03. The molecule has 0 bridgehead atoms. The first kappa shape index (κ1) is 24.6. The van der Waals surface area contributed by atoms with Crippen LogP contribution in [0.4, 0.5) is 5.69 Å². The van der Waals surface area contributed by atoms with Crippen molar-refractivity contribution in [1.29, 1.82) is 0 Å². The zero-order chi connectivity index (χ0) is 23.1. The molecule has 6 nitrogen and oxygen atoms in total. The molecule has 1 saturated heterocycles. The molecule has 0 spiro atoms. The second kappa shape index (κ2) is 11.7. The predicted octanol–water partition coefficient (Wildman–Crippen LogP) is 4.08. The number of nitrogens with zero attached hydrogens (tertiary/aromatic N) is 4. The van der Waals surface area contributed by atoms with E-state index in [2.05, 4.69) is 74.0 Å². The number of aliphatic imine (C=N–C) groups is 1. The number of carbonyl (C=O) groups excluding carboxylic acids is 1. The molecule has 1 aromatic carbocycles. The normalized spacial score (nSPS) is 19.1. The molecule has 0 aliphatic carbocycles. The number of amides is 1. The topological polar surface area (TPSA) is 51.2 Å². The zero-order valence-corrected chi connectivity index (χ0v) is 20.8. The number of anilines is 1. The molecule has 1 fully saturated rings. The highest BCUT2D eigenvalue weighted by Gasteiger charge is 2.32. The molecule has 6 heteroatoms. The fourth-order valence-electron chi connectivity index (χ4n) is 5.14. The summed E-state index contributed by atoms with van der Waals surface area (Å²) in [4.78, 5) is 24.0. The Hall–Kier alpha value is -2.08. The first-order valence-electron chi connectivity index (χ1n) is 12.6. The van der Waals surface area contributed by atoms with Gasteiger partial charge < -0.3 is 15.1 Å².